The Bertz CT molecular complexity index is 1540. The van der Waals surface area contributed by atoms with Crippen molar-refractivity contribution in [1.29, 1.82) is 0 Å². The van der Waals surface area contributed by atoms with Crippen LogP contribution in [0.2, 0.25) is 0 Å². The summed E-state index contributed by atoms with van der Waals surface area (Å²) in [5, 5.41) is 23.4. The van der Waals surface area contributed by atoms with Gasteiger partial charge in [0.15, 0.2) is 0 Å². The van der Waals surface area contributed by atoms with E-state index in [-0.39, 0.29) is 25.8 Å². The highest BCUT2D eigenvalue weighted by atomic mass is 16.4. The fourth-order valence-electron chi connectivity index (χ4n) is 6.07. The molecule has 0 unspecified atom stereocenters. The molecule has 1 aromatic heterocycles. The summed E-state index contributed by atoms with van der Waals surface area (Å²) in [4.78, 5) is 96.6. The van der Waals surface area contributed by atoms with Gasteiger partial charge in [-0.1, -0.05) is 38.5 Å². The number of aromatic nitrogens is 1. The Morgan fingerprint density at radius 3 is 2.42 bits per heavy atom. The molecule has 260 valence electrons. The summed E-state index contributed by atoms with van der Waals surface area (Å²) >= 11 is 0. The number of nitrogens with zero attached hydrogens (tertiary/aromatic N) is 1. The number of carboxylic acids is 1. The molecule has 0 bridgehead atoms. The van der Waals surface area contributed by atoms with Crippen molar-refractivity contribution in [2.45, 2.75) is 95.9 Å². The van der Waals surface area contributed by atoms with Crippen molar-refractivity contribution < 1.29 is 38.7 Å². The predicted octanol–water partition coefficient (Wildman–Crippen LogP) is 0.0913. The first-order valence-electron chi connectivity index (χ1n) is 16.4. The highest BCUT2D eigenvalue weighted by Gasteiger charge is 2.39. The van der Waals surface area contributed by atoms with Gasteiger partial charge in [0.05, 0.1) is 0 Å². The Labute approximate surface area is 278 Å². The molecule has 0 spiro atoms. The fourth-order valence-corrected chi connectivity index (χ4v) is 6.07. The van der Waals surface area contributed by atoms with Gasteiger partial charge in [-0.25, -0.2) is 0 Å². The molecule has 1 aromatic carbocycles. The molecule has 0 saturated carbocycles. The third-order valence-electron chi connectivity index (χ3n) is 9.05. The van der Waals surface area contributed by atoms with Crippen LogP contribution >= 0.6 is 0 Å². The van der Waals surface area contributed by atoms with Gasteiger partial charge in [0, 0.05) is 49.5 Å². The number of para-hydroxylation sites is 1. The van der Waals surface area contributed by atoms with Gasteiger partial charge in [-0.2, -0.15) is 0 Å². The molecule has 48 heavy (non-hydrogen) atoms. The minimum Gasteiger partial charge on any atom is -0.481 e. The zero-order chi connectivity index (χ0) is 35.0. The van der Waals surface area contributed by atoms with Crippen molar-refractivity contribution >= 4 is 52.3 Å². The van der Waals surface area contributed by atoms with Crippen LogP contribution < -0.4 is 26.6 Å². The quantitative estimate of drug-likeness (QED) is 0.214. The molecule has 4 rings (SSSR count). The zero-order valence-corrected chi connectivity index (χ0v) is 27.5. The molecule has 6 atom stereocenters. The van der Waals surface area contributed by atoms with Crippen LogP contribution in [0.5, 0.6) is 0 Å². The molecule has 2 saturated heterocycles. The summed E-state index contributed by atoms with van der Waals surface area (Å²) in [6.07, 6.45) is 2.42. The monoisotopic (exact) mass is 667 g/mol. The smallest absolute Gasteiger partial charge is 0.303 e. The average molecular weight is 668 g/mol. The maximum atomic E-state index is 14.2. The zero-order valence-electron chi connectivity index (χ0n) is 27.5. The van der Waals surface area contributed by atoms with Gasteiger partial charge in [-0.05, 0) is 43.7 Å². The van der Waals surface area contributed by atoms with Crippen molar-refractivity contribution in [2.24, 2.45) is 5.92 Å². The van der Waals surface area contributed by atoms with Crippen LogP contribution in [-0.4, -0.2) is 99.7 Å². The summed E-state index contributed by atoms with van der Waals surface area (Å²) in [5.41, 5.74) is 1.61. The standard InChI is InChI=1S/C33H45N7O8/c1-4-18(2)28-32(47)38-24(16-20-17-35-22-9-6-5-8-21(20)22)33(48)40-15-7-10-25(40)31(46)34-14-13-26(41)36-19(3)29(44)37-23(30(45)39-28)11-12-27(42)43/h5-6,8-9,17-19,23-25,28,35H,4,7,10-16H2,1-3H3,(H,34,46)(H,36,41)(H,37,44)(H,38,47)(H,39,45)(H,42,43)/t18-,19-,23-,24-,25-,28-/m0/s1. The van der Waals surface area contributed by atoms with Crippen molar-refractivity contribution in [3.8, 4) is 0 Å². The number of fused-ring (bicyclic) bond motifs is 2. The molecular formula is C33H45N7O8. The Morgan fingerprint density at radius 2 is 1.69 bits per heavy atom. The predicted molar refractivity (Wildman–Crippen MR) is 174 cm³/mol. The number of carbonyl (C=O) groups is 7. The van der Waals surface area contributed by atoms with Crippen LogP contribution in [0.15, 0.2) is 30.5 Å². The number of rotatable bonds is 7. The minimum absolute atomic E-state index is 0.0483. The number of H-pyrrole nitrogens is 1. The molecule has 0 aliphatic carbocycles. The fraction of sp³-hybridized carbons (Fsp3) is 0.545. The van der Waals surface area contributed by atoms with Crippen LogP contribution in [0.3, 0.4) is 0 Å². The van der Waals surface area contributed by atoms with Gasteiger partial charge in [0.1, 0.15) is 30.2 Å². The molecule has 6 amide bonds. The number of aliphatic carboxylic acids is 1. The first-order chi connectivity index (χ1) is 22.9. The van der Waals surface area contributed by atoms with E-state index in [2.05, 4.69) is 31.6 Å². The second kappa shape index (κ2) is 16.2. The van der Waals surface area contributed by atoms with Crippen LogP contribution in [-0.2, 0) is 40.0 Å². The third kappa shape index (κ3) is 8.89. The molecule has 2 fully saturated rings. The van der Waals surface area contributed by atoms with Crippen LogP contribution in [0.1, 0.15) is 64.9 Å². The lowest BCUT2D eigenvalue weighted by atomic mass is 9.96. The molecule has 0 radical (unpaired) electrons. The van der Waals surface area contributed by atoms with E-state index < -0.39 is 84.0 Å². The number of aromatic amines is 1. The van der Waals surface area contributed by atoms with Crippen LogP contribution in [0, 0.1) is 5.92 Å². The van der Waals surface area contributed by atoms with E-state index in [1.54, 1.807) is 13.1 Å². The van der Waals surface area contributed by atoms with Gasteiger partial charge < -0.3 is 41.6 Å². The van der Waals surface area contributed by atoms with Gasteiger partial charge >= 0.3 is 5.97 Å². The number of carboxylic acid groups (broad SMARTS) is 1. The van der Waals surface area contributed by atoms with E-state index in [1.165, 1.54) is 11.8 Å². The Balaban J connectivity index is 1.70. The number of carbonyl (C=O) groups excluding carboxylic acids is 6. The number of nitrogens with one attached hydrogen (secondary N) is 6. The highest BCUT2D eigenvalue weighted by Crippen LogP contribution is 2.23. The van der Waals surface area contributed by atoms with Crippen molar-refractivity contribution in [2.75, 3.05) is 13.1 Å². The molecule has 15 heteroatoms. The highest BCUT2D eigenvalue weighted by molar-refractivity contribution is 5.97. The first kappa shape index (κ1) is 35.9. The van der Waals surface area contributed by atoms with Crippen molar-refractivity contribution in [3.63, 3.8) is 0 Å². The van der Waals surface area contributed by atoms with Gasteiger partial charge in [0.2, 0.25) is 35.4 Å². The van der Waals surface area contributed by atoms with E-state index in [9.17, 15) is 38.7 Å². The van der Waals surface area contributed by atoms with Gasteiger partial charge in [-0.15, -0.1) is 0 Å². The topological polar surface area (TPSA) is 219 Å². The normalized spacial score (nSPS) is 25.8. The second-order valence-electron chi connectivity index (χ2n) is 12.5. The SMILES string of the molecule is CC[C@H](C)[C@@H]1NC(=O)[C@H](CCC(=O)O)NC(=O)[C@H](C)NC(=O)CCNC(=O)[C@@H]2CCCN2C(=O)[C@H](Cc2c[nH]c3ccccc23)NC1=O. The number of hydrogen-bond donors (Lipinski definition) is 7. The Hall–Kier alpha value is -4.95. The maximum absolute atomic E-state index is 14.2. The van der Waals surface area contributed by atoms with Crippen molar-refractivity contribution in [3.05, 3.63) is 36.0 Å². The molecule has 2 aliphatic rings. The van der Waals surface area contributed by atoms with E-state index >= 15 is 0 Å². The minimum atomic E-state index is -1.33. The van der Waals surface area contributed by atoms with E-state index in [0.29, 0.717) is 25.8 Å². The largest absolute Gasteiger partial charge is 0.481 e. The van der Waals surface area contributed by atoms with Gasteiger partial charge in [-0.3, -0.25) is 33.6 Å². The van der Waals surface area contributed by atoms with Crippen LogP contribution in [0.25, 0.3) is 10.9 Å². The molecule has 2 aromatic rings. The van der Waals surface area contributed by atoms with Crippen molar-refractivity contribution in [1.82, 2.24) is 36.5 Å². The molecule has 7 N–H and O–H groups in total. The molecule has 3 heterocycles. The lowest BCUT2D eigenvalue weighted by molar-refractivity contribution is -0.142. The van der Waals surface area contributed by atoms with E-state index in [4.69, 9.17) is 0 Å². The van der Waals surface area contributed by atoms with Gasteiger partial charge in [0.25, 0.3) is 0 Å². The number of hydrogen-bond acceptors (Lipinski definition) is 7. The summed E-state index contributed by atoms with van der Waals surface area (Å²) in [6.45, 7) is 5.23. The molecule has 2 aliphatic heterocycles. The van der Waals surface area contributed by atoms with E-state index in [0.717, 1.165) is 16.5 Å². The lowest BCUT2D eigenvalue weighted by Crippen LogP contribution is -2.60. The third-order valence-corrected chi connectivity index (χ3v) is 9.05. The first-order valence-corrected chi connectivity index (χ1v) is 16.4. The summed E-state index contributed by atoms with van der Waals surface area (Å²) in [6, 6.07) is 2.04. The molecule has 15 nitrogen and oxygen atoms in total. The summed E-state index contributed by atoms with van der Waals surface area (Å²) < 4.78 is 0. The number of amides is 6. The van der Waals surface area contributed by atoms with Crippen LogP contribution in [0.4, 0.5) is 0 Å². The summed E-state index contributed by atoms with van der Waals surface area (Å²) in [5.74, 6) is -5.19. The Morgan fingerprint density at radius 1 is 0.958 bits per heavy atom. The number of benzene rings is 1. The van der Waals surface area contributed by atoms with E-state index in [1.807, 2.05) is 31.2 Å². The summed E-state index contributed by atoms with van der Waals surface area (Å²) in [7, 11) is 0. The average Bonchev–Trinajstić information content (AvgIpc) is 3.71. The lowest BCUT2D eigenvalue weighted by Gasteiger charge is -2.31. The Kier molecular flexibility index (Phi) is 12.1. The second-order valence-corrected chi connectivity index (χ2v) is 12.5. The maximum Gasteiger partial charge on any atom is 0.303 e. The molecular weight excluding hydrogens is 622 g/mol.